The Morgan fingerprint density at radius 3 is 1.03 bits per heavy atom. The summed E-state index contributed by atoms with van der Waals surface area (Å²) in [5, 5.41) is 5.14. The van der Waals surface area contributed by atoms with E-state index in [1.807, 2.05) is 0 Å². The van der Waals surface area contributed by atoms with Crippen molar-refractivity contribution in [2.45, 2.75) is 0 Å². The Kier molecular flexibility index (Phi) is 4.55. The van der Waals surface area contributed by atoms with Gasteiger partial charge in [0, 0.05) is 0 Å². The predicted octanol–water partition coefficient (Wildman–Crippen LogP) is 8.99. The van der Waals surface area contributed by atoms with Crippen molar-refractivity contribution in [3.63, 3.8) is 0 Å². The molecule has 6 aromatic rings. The molecule has 0 radical (unpaired) electrons. The van der Waals surface area contributed by atoms with Crippen molar-refractivity contribution < 1.29 is 0 Å². The Bertz CT molecular complexity index is 1410. The van der Waals surface area contributed by atoms with Crippen LogP contribution in [-0.2, 0) is 0 Å². The molecule has 0 aromatic heterocycles. The van der Waals surface area contributed by atoms with E-state index in [4.69, 9.17) is 0 Å². The van der Waals surface area contributed by atoms with Crippen LogP contribution in [0, 0.1) is 0 Å². The fraction of sp³-hybridized carbons (Fsp3) is 0. The summed E-state index contributed by atoms with van der Waals surface area (Å²) in [4.78, 5) is 0. The highest BCUT2D eigenvalue weighted by Crippen LogP contribution is 2.32. The molecule has 0 nitrogen and oxygen atoms in total. The summed E-state index contributed by atoms with van der Waals surface area (Å²) >= 11 is 0. The van der Waals surface area contributed by atoms with E-state index in [2.05, 4.69) is 133 Å². The van der Waals surface area contributed by atoms with Crippen LogP contribution in [0.5, 0.6) is 0 Å². The van der Waals surface area contributed by atoms with E-state index in [-0.39, 0.29) is 0 Å². The minimum atomic E-state index is 1.23. The van der Waals surface area contributed by atoms with Crippen LogP contribution >= 0.6 is 0 Å². The van der Waals surface area contributed by atoms with Gasteiger partial charge in [0.15, 0.2) is 0 Å². The Labute approximate surface area is 188 Å². The third-order valence-electron chi connectivity index (χ3n) is 6.30. The SMILES string of the molecule is c1ccc2c(-c3ccc(-c4ccc(-c5cccc6ccccc56)cc4)cc3)cccc2c1. The molecular weight excluding hydrogens is 384 g/mol. The van der Waals surface area contributed by atoms with Gasteiger partial charge in [-0.15, -0.1) is 0 Å². The van der Waals surface area contributed by atoms with Crippen molar-refractivity contribution >= 4 is 21.5 Å². The molecule has 0 bridgehead atoms. The fourth-order valence-corrected chi connectivity index (χ4v) is 4.64. The number of hydrogen-bond donors (Lipinski definition) is 0. The van der Waals surface area contributed by atoms with Gasteiger partial charge in [-0.1, -0.05) is 133 Å². The molecule has 0 saturated carbocycles. The average molecular weight is 407 g/mol. The van der Waals surface area contributed by atoms with E-state index in [9.17, 15) is 0 Å². The van der Waals surface area contributed by atoms with Crippen LogP contribution in [0.1, 0.15) is 0 Å². The Hall–Kier alpha value is -4.16. The van der Waals surface area contributed by atoms with Gasteiger partial charge in [-0.2, -0.15) is 0 Å². The molecule has 0 spiro atoms. The van der Waals surface area contributed by atoms with Crippen LogP contribution in [0.3, 0.4) is 0 Å². The molecule has 0 aliphatic rings. The lowest BCUT2D eigenvalue weighted by atomic mass is 9.94. The standard InChI is InChI=1S/C32H22/c1-3-11-29-25(7-1)9-5-13-31(29)27-19-15-23(16-20-27)24-17-21-28(22-18-24)32-14-6-10-26-8-2-4-12-30(26)32/h1-22H. The van der Waals surface area contributed by atoms with Crippen molar-refractivity contribution in [3.05, 3.63) is 133 Å². The molecule has 150 valence electrons. The summed E-state index contributed by atoms with van der Waals surface area (Å²) < 4.78 is 0. The molecular formula is C32H22. The van der Waals surface area contributed by atoms with Crippen LogP contribution in [-0.4, -0.2) is 0 Å². The normalized spacial score (nSPS) is 11.1. The van der Waals surface area contributed by atoms with Gasteiger partial charge in [-0.3, -0.25) is 0 Å². The van der Waals surface area contributed by atoms with E-state index in [1.165, 1.54) is 54.9 Å². The summed E-state index contributed by atoms with van der Waals surface area (Å²) in [6.45, 7) is 0. The summed E-state index contributed by atoms with van der Waals surface area (Å²) in [6, 6.07) is 48.0. The van der Waals surface area contributed by atoms with E-state index < -0.39 is 0 Å². The van der Waals surface area contributed by atoms with Crippen LogP contribution in [0.4, 0.5) is 0 Å². The van der Waals surface area contributed by atoms with Crippen LogP contribution < -0.4 is 0 Å². The van der Waals surface area contributed by atoms with Gasteiger partial charge in [-0.05, 0) is 54.9 Å². The van der Waals surface area contributed by atoms with Gasteiger partial charge in [0.2, 0.25) is 0 Å². The Morgan fingerprint density at radius 1 is 0.250 bits per heavy atom. The van der Waals surface area contributed by atoms with E-state index in [0.717, 1.165) is 0 Å². The highest BCUT2D eigenvalue weighted by atomic mass is 14.1. The van der Waals surface area contributed by atoms with Gasteiger partial charge in [0.05, 0.1) is 0 Å². The van der Waals surface area contributed by atoms with Gasteiger partial charge in [-0.25, -0.2) is 0 Å². The van der Waals surface area contributed by atoms with Gasteiger partial charge >= 0.3 is 0 Å². The second-order valence-electron chi connectivity index (χ2n) is 8.21. The first-order valence-electron chi connectivity index (χ1n) is 11.0. The molecule has 6 rings (SSSR count). The molecule has 6 aromatic carbocycles. The lowest BCUT2D eigenvalue weighted by Gasteiger charge is -2.10. The predicted molar refractivity (Wildman–Crippen MR) is 138 cm³/mol. The summed E-state index contributed by atoms with van der Waals surface area (Å²) in [5.74, 6) is 0. The zero-order chi connectivity index (χ0) is 21.3. The first-order valence-corrected chi connectivity index (χ1v) is 11.0. The molecule has 0 unspecified atom stereocenters. The lowest BCUT2D eigenvalue weighted by Crippen LogP contribution is -1.84. The van der Waals surface area contributed by atoms with Crippen molar-refractivity contribution in [2.24, 2.45) is 0 Å². The smallest absolute Gasteiger partial charge is 0.0105 e. The second-order valence-corrected chi connectivity index (χ2v) is 8.21. The van der Waals surface area contributed by atoms with E-state index in [0.29, 0.717) is 0 Å². The molecule has 0 heterocycles. The highest BCUT2D eigenvalue weighted by Gasteiger charge is 2.06. The largest absolute Gasteiger partial charge is 0.0616 e. The second kappa shape index (κ2) is 7.83. The average Bonchev–Trinajstić information content (AvgIpc) is 2.88. The lowest BCUT2D eigenvalue weighted by molar-refractivity contribution is 1.59. The summed E-state index contributed by atoms with van der Waals surface area (Å²) in [6.07, 6.45) is 0. The van der Waals surface area contributed by atoms with E-state index >= 15 is 0 Å². The number of fused-ring (bicyclic) bond motifs is 2. The van der Waals surface area contributed by atoms with Gasteiger partial charge < -0.3 is 0 Å². The molecule has 0 aliphatic heterocycles. The summed E-state index contributed by atoms with van der Waals surface area (Å²) in [5.41, 5.74) is 7.52. The molecule has 32 heavy (non-hydrogen) atoms. The molecule has 0 N–H and O–H groups in total. The monoisotopic (exact) mass is 406 g/mol. The maximum absolute atomic E-state index is 2.23. The Morgan fingerprint density at radius 2 is 0.594 bits per heavy atom. The van der Waals surface area contributed by atoms with Gasteiger partial charge in [0.25, 0.3) is 0 Å². The number of benzene rings is 6. The van der Waals surface area contributed by atoms with Crippen molar-refractivity contribution in [3.8, 4) is 33.4 Å². The fourth-order valence-electron chi connectivity index (χ4n) is 4.64. The molecule has 0 fully saturated rings. The van der Waals surface area contributed by atoms with Crippen LogP contribution in [0.15, 0.2) is 133 Å². The highest BCUT2D eigenvalue weighted by molar-refractivity contribution is 5.98. The Balaban J connectivity index is 1.33. The zero-order valence-corrected chi connectivity index (χ0v) is 17.7. The first kappa shape index (κ1) is 18.6. The molecule has 0 heteroatoms. The van der Waals surface area contributed by atoms with Crippen molar-refractivity contribution in [1.29, 1.82) is 0 Å². The minimum Gasteiger partial charge on any atom is -0.0616 e. The molecule has 0 atom stereocenters. The maximum Gasteiger partial charge on any atom is -0.0105 e. The van der Waals surface area contributed by atoms with Crippen LogP contribution in [0.2, 0.25) is 0 Å². The first-order chi connectivity index (χ1) is 15.9. The number of hydrogen-bond acceptors (Lipinski definition) is 0. The summed E-state index contributed by atoms with van der Waals surface area (Å²) in [7, 11) is 0. The van der Waals surface area contributed by atoms with Crippen LogP contribution in [0.25, 0.3) is 54.9 Å². The quantitative estimate of drug-likeness (QED) is 0.275. The maximum atomic E-state index is 2.23. The third-order valence-corrected chi connectivity index (χ3v) is 6.30. The molecule has 0 saturated heterocycles. The van der Waals surface area contributed by atoms with Gasteiger partial charge in [0.1, 0.15) is 0 Å². The third kappa shape index (κ3) is 3.27. The molecule has 0 amide bonds. The topological polar surface area (TPSA) is 0 Å². The molecule has 0 aliphatic carbocycles. The van der Waals surface area contributed by atoms with Crippen molar-refractivity contribution in [1.82, 2.24) is 0 Å². The zero-order valence-electron chi connectivity index (χ0n) is 17.7. The van der Waals surface area contributed by atoms with E-state index in [1.54, 1.807) is 0 Å². The minimum absolute atomic E-state index is 1.23. The van der Waals surface area contributed by atoms with Crippen molar-refractivity contribution in [2.75, 3.05) is 0 Å². The number of rotatable bonds is 3.